The Morgan fingerprint density at radius 3 is 2.81 bits per heavy atom. The van der Waals surface area contributed by atoms with Gasteiger partial charge in [-0.3, -0.25) is 10.1 Å². The van der Waals surface area contributed by atoms with Crippen LogP contribution in [-0.4, -0.2) is 43.4 Å². The fourth-order valence-electron chi connectivity index (χ4n) is 2.57. The van der Waals surface area contributed by atoms with Crippen molar-refractivity contribution in [3.63, 3.8) is 0 Å². The van der Waals surface area contributed by atoms with Gasteiger partial charge in [0.15, 0.2) is 5.65 Å². The molecule has 1 unspecified atom stereocenters. The van der Waals surface area contributed by atoms with E-state index in [9.17, 15) is 14.1 Å². The van der Waals surface area contributed by atoms with E-state index >= 15 is 0 Å². The van der Waals surface area contributed by atoms with Gasteiger partial charge in [0.05, 0.1) is 12.8 Å². The molecule has 1 saturated carbocycles. The molecule has 3 N–H and O–H groups in total. The van der Waals surface area contributed by atoms with E-state index < -0.39 is 23.1 Å². The number of hydrogen-bond acceptors (Lipinski definition) is 6. The summed E-state index contributed by atoms with van der Waals surface area (Å²) in [6, 6.07) is -0.363. The first-order chi connectivity index (χ1) is 12.5. The molecular weight excluding hydrogens is 358 g/mol. The first-order valence-corrected chi connectivity index (χ1v) is 9.27. The highest BCUT2D eigenvalue weighted by atomic mass is 32.2. The molecule has 0 bridgehead atoms. The summed E-state index contributed by atoms with van der Waals surface area (Å²) in [6.45, 7) is 7.45. The zero-order valence-corrected chi connectivity index (χ0v) is 14.4. The highest BCUT2D eigenvalue weighted by Crippen LogP contribution is 2.36. The van der Waals surface area contributed by atoms with E-state index in [2.05, 4.69) is 30.9 Å². The van der Waals surface area contributed by atoms with Crippen LogP contribution in [0, 0.1) is 6.57 Å². The van der Waals surface area contributed by atoms with E-state index in [0.717, 1.165) is 12.8 Å². The van der Waals surface area contributed by atoms with E-state index in [4.69, 9.17) is 6.57 Å². The van der Waals surface area contributed by atoms with Crippen molar-refractivity contribution in [3.8, 4) is 0 Å². The van der Waals surface area contributed by atoms with Crippen LogP contribution in [0.1, 0.15) is 18.4 Å². The number of amides is 3. The van der Waals surface area contributed by atoms with Crippen LogP contribution in [0.25, 0.3) is 16.6 Å². The van der Waals surface area contributed by atoms with Gasteiger partial charge in [-0.2, -0.15) is 10.1 Å². The van der Waals surface area contributed by atoms with Crippen LogP contribution in [0.2, 0.25) is 0 Å². The average Bonchev–Trinajstić information content (AvgIpc) is 3.24. The van der Waals surface area contributed by atoms with Crippen LogP contribution in [0.15, 0.2) is 16.9 Å². The van der Waals surface area contributed by atoms with E-state index in [-0.39, 0.29) is 22.5 Å². The number of nitrogens with zero attached hydrogens (tertiary/aromatic N) is 4. The van der Waals surface area contributed by atoms with Crippen molar-refractivity contribution in [2.24, 2.45) is 0 Å². The molecule has 2 aromatic rings. The topological polar surface area (TPSA) is 128 Å². The van der Waals surface area contributed by atoms with Crippen molar-refractivity contribution >= 4 is 46.3 Å². The molecule has 2 aliphatic rings. The first-order valence-electron chi connectivity index (χ1n) is 7.71. The van der Waals surface area contributed by atoms with Crippen LogP contribution in [0.3, 0.4) is 0 Å². The Kier molecular flexibility index (Phi) is 3.78. The second-order valence-corrected chi connectivity index (χ2v) is 7.20. The van der Waals surface area contributed by atoms with Gasteiger partial charge in [0.1, 0.15) is 17.8 Å². The smallest absolute Gasteiger partial charge is 0.326 e. The third kappa shape index (κ3) is 2.75. The zero-order chi connectivity index (χ0) is 18.4. The van der Waals surface area contributed by atoms with Gasteiger partial charge in [-0.05, 0) is 30.1 Å². The monoisotopic (exact) mass is 371 g/mol. The predicted octanol–water partition coefficient (Wildman–Crippen LogP) is 0.772. The summed E-state index contributed by atoms with van der Waals surface area (Å²) in [5.74, 6) is -0.120. The maximum atomic E-state index is 12.1. The van der Waals surface area contributed by atoms with E-state index in [1.807, 2.05) is 0 Å². The summed E-state index contributed by atoms with van der Waals surface area (Å²) >= 11 is -1.49. The van der Waals surface area contributed by atoms with Crippen LogP contribution in [0.5, 0.6) is 0 Å². The summed E-state index contributed by atoms with van der Waals surface area (Å²) in [4.78, 5) is 30.8. The Morgan fingerprint density at radius 2 is 2.23 bits per heavy atom. The molecule has 3 heterocycles. The fraction of sp³-hybridized carbons (Fsp3) is 0.267. The lowest BCUT2D eigenvalue weighted by atomic mass is 10.2. The summed E-state index contributed by atoms with van der Waals surface area (Å²) in [5.41, 5.74) is 1.03. The highest BCUT2D eigenvalue weighted by molar-refractivity contribution is 7.90. The Hall–Kier alpha value is -3.10. The van der Waals surface area contributed by atoms with Crippen molar-refractivity contribution < 1.29 is 14.1 Å². The Balaban J connectivity index is 1.90. The largest absolute Gasteiger partial charge is 0.611 e. The molecule has 1 aliphatic carbocycles. The quantitative estimate of drug-likeness (QED) is 0.239. The molecule has 4 rings (SSSR count). The molecule has 1 saturated heterocycles. The molecule has 2 fully saturated rings. The number of nitrogens with one attached hydrogen (secondary N) is 3. The molecule has 2 aromatic heterocycles. The number of aromatic nitrogens is 3. The molecule has 0 spiro atoms. The first kappa shape index (κ1) is 16.4. The summed E-state index contributed by atoms with van der Waals surface area (Å²) in [6.07, 6.45) is 6.33. The minimum absolute atomic E-state index is 0.0665. The molecule has 26 heavy (non-hydrogen) atoms. The molecule has 0 radical (unpaired) electrons. The molecule has 10 nitrogen and oxygen atoms in total. The number of urea groups is 1. The van der Waals surface area contributed by atoms with E-state index in [1.165, 1.54) is 23.0 Å². The zero-order valence-electron chi connectivity index (χ0n) is 13.6. The molecule has 132 valence electrons. The van der Waals surface area contributed by atoms with Crippen molar-refractivity contribution in [2.45, 2.75) is 23.9 Å². The van der Waals surface area contributed by atoms with Gasteiger partial charge in [-0.1, -0.05) is 0 Å². The third-order valence-corrected chi connectivity index (χ3v) is 4.77. The second-order valence-electron chi connectivity index (χ2n) is 5.90. The number of imide groups is 1. The Bertz CT molecular complexity index is 1020. The standard InChI is InChI=1S/C15H13N7O3S/c1-16-10-12(18-8-3-4-8)22-11(20-14(10)26(2)25)7(6-17-22)5-9-13(23)21-15(24)19-9/h5-6,8,18H,3-4H2,2H3,(H2,19,21,23,24)/b9-5-. The Labute approximate surface area is 150 Å². The third-order valence-electron chi connectivity index (χ3n) is 3.94. The van der Waals surface area contributed by atoms with Gasteiger partial charge in [0, 0.05) is 11.6 Å². The molecule has 3 amide bonds. The van der Waals surface area contributed by atoms with Gasteiger partial charge >= 0.3 is 11.7 Å². The van der Waals surface area contributed by atoms with Crippen molar-refractivity contribution in [1.82, 2.24) is 25.2 Å². The number of anilines is 1. The maximum Gasteiger partial charge on any atom is 0.326 e. The molecule has 0 aromatic carbocycles. The summed E-state index contributed by atoms with van der Waals surface area (Å²) in [7, 11) is 0. The number of rotatable bonds is 4. The van der Waals surface area contributed by atoms with Crippen LogP contribution < -0.4 is 16.0 Å². The van der Waals surface area contributed by atoms with Gasteiger partial charge < -0.3 is 15.2 Å². The second kappa shape index (κ2) is 6.01. The van der Waals surface area contributed by atoms with Crippen molar-refractivity contribution in [1.29, 1.82) is 0 Å². The summed E-state index contributed by atoms with van der Waals surface area (Å²) < 4.78 is 13.6. The van der Waals surface area contributed by atoms with Gasteiger partial charge in [-0.15, -0.1) is 0 Å². The van der Waals surface area contributed by atoms with E-state index in [0.29, 0.717) is 17.0 Å². The van der Waals surface area contributed by atoms with Crippen LogP contribution in [-0.2, 0) is 16.0 Å². The van der Waals surface area contributed by atoms with Gasteiger partial charge in [-0.25, -0.2) is 14.2 Å². The number of carbonyl (C=O) groups is 2. The lowest BCUT2D eigenvalue weighted by molar-refractivity contribution is -0.115. The van der Waals surface area contributed by atoms with E-state index in [1.54, 1.807) is 0 Å². The van der Waals surface area contributed by atoms with Gasteiger partial charge in [0.25, 0.3) is 10.9 Å². The minimum atomic E-state index is -1.49. The van der Waals surface area contributed by atoms with Crippen molar-refractivity contribution in [3.05, 3.63) is 28.9 Å². The number of fused-ring (bicyclic) bond motifs is 1. The molecule has 11 heteroatoms. The maximum absolute atomic E-state index is 12.1. The number of hydrogen-bond donors (Lipinski definition) is 3. The van der Waals surface area contributed by atoms with Gasteiger partial charge in [0.2, 0.25) is 0 Å². The molecule has 1 atom stereocenters. The SMILES string of the molecule is [C-]#[N+]c1c([S+](C)[O-])nc2c(/C=C3\NC(=O)NC3=O)cnn2c1NC1CC1. The fourth-order valence-corrected chi connectivity index (χ4v) is 3.20. The molecule has 1 aliphatic heterocycles. The molecular formula is C15H13N7O3S. The number of carbonyl (C=O) groups excluding carboxylic acids is 2. The minimum Gasteiger partial charge on any atom is -0.611 e. The average molecular weight is 371 g/mol. The lowest BCUT2D eigenvalue weighted by Gasteiger charge is -2.13. The Morgan fingerprint density at radius 1 is 1.46 bits per heavy atom. The van der Waals surface area contributed by atoms with Crippen LogP contribution in [0.4, 0.5) is 16.3 Å². The summed E-state index contributed by atoms with van der Waals surface area (Å²) in [5, 5.41) is 12.2. The van der Waals surface area contributed by atoms with Crippen molar-refractivity contribution in [2.75, 3.05) is 11.6 Å². The highest BCUT2D eigenvalue weighted by Gasteiger charge is 2.30. The predicted molar refractivity (Wildman–Crippen MR) is 92.9 cm³/mol. The lowest BCUT2D eigenvalue weighted by Crippen LogP contribution is -2.22. The van der Waals surface area contributed by atoms with Crippen LogP contribution >= 0.6 is 0 Å². The normalized spacial score (nSPS) is 19.3.